The van der Waals surface area contributed by atoms with Gasteiger partial charge in [0.25, 0.3) is 0 Å². The molecule has 0 radical (unpaired) electrons. The van der Waals surface area contributed by atoms with Gasteiger partial charge < -0.3 is 21.9 Å². The molecular formula is C11H19N3O3. The van der Waals surface area contributed by atoms with Crippen molar-refractivity contribution in [1.82, 2.24) is 5.32 Å². The smallest absolute Gasteiger partial charge is 0.326 e. The summed E-state index contributed by atoms with van der Waals surface area (Å²) in [5.41, 5.74) is 10.7. The van der Waals surface area contributed by atoms with Crippen LogP contribution in [0.15, 0.2) is 0 Å². The third-order valence-electron chi connectivity index (χ3n) is 2.14. The van der Waals surface area contributed by atoms with Crippen LogP contribution < -0.4 is 16.8 Å². The molecule has 0 bridgehead atoms. The second-order valence-electron chi connectivity index (χ2n) is 3.56. The van der Waals surface area contributed by atoms with E-state index in [1.165, 1.54) is 0 Å². The monoisotopic (exact) mass is 241 g/mol. The van der Waals surface area contributed by atoms with Crippen LogP contribution in [0, 0.1) is 11.8 Å². The van der Waals surface area contributed by atoms with E-state index in [4.69, 9.17) is 16.6 Å². The highest BCUT2D eigenvalue weighted by Crippen LogP contribution is 2.01. The Labute approximate surface area is 101 Å². The van der Waals surface area contributed by atoms with Crippen LogP contribution in [0.1, 0.15) is 26.2 Å². The maximum atomic E-state index is 11.5. The van der Waals surface area contributed by atoms with E-state index in [1.54, 1.807) is 6.92 Å². The zero-order valence-electron chi connectivity index (χ0n) is 9.90. The summed E-state index contributed by atoms with van der Waals surface area (Å²) in [5.74, 6) is 3.32. The predicted molar refractivity (Wildman–Crippen MR) is 63.9 cm³/mol. The Hall–Kier alpha value is -1.58. The van der Waals surface area contributed by atoms with Gasteiger partial charge in [-0.1, -0.05) is 5.92 Å². The van der Waals surface area contributed by atoms with E-state index in [0.29, 0.717) is 19.4 Å². The highest BCUT2D eigenvalue weighted by Gasteiger charge is 2.21. The molecule has 0 aromatic heterocycles. The number of carbonyl (C=O) groups excluding carboxylic acids is 1. The number of carboxylic acid groups (broad SMARTS) is 1. The summed E-state index contributed by atoms with van der Waals surface area (Å²) in [6.07, 6.45) is 1.70. The minimum absolute atomic E-state index is 0.338. The number of rotatable bonds is 7. The summed E-state index contributed by atoms with van der Waals surface area (Å²) >= 11 is 0. The molecule has 17 heavy (non-hydrogen) atoms. The molecule has 6 N–H and O–H groups in total. The maximum Gasteiger partial charge on any atom is 0.326 e. The van der Waals surface area contributed by atoms with Gasteiger partial charge in [0.05, 0.1) is 0 Å². The van der Waals surface area contributed by atoms with E-state index < -0.39 is 24.0 Å². The average molecular weight is 241 g/mol. The Kier molecular flexibility index (Phi) is 7.76. The van der Waals surface area contributed by atoms with Gasteiger partial charge >= 0.3 is 5.97 Å². The summed E-state index contributed by atoms with van der Waals surface area (Å²) in [5, 5.41) is 11.3. The SMILES string of the molecule is CC#CC(N)C(=O)NC(CCCCN)C(=O)O. The molecule has 0 spiro atoms. The molecule has 0 aliphatic heterocycles. The topological polar surface area (TPSA) is 118 Å². The Morgan fingerprint density at radius 3 is 2.53 bits per heavy atom. The molecule has 2 unspecified atom stereocenters. The third-order valence-corrected chi connectivity index (χ3v) is 2.14. The highest BCUT2D eigenvalue weighted by atomic mass is 16.4. The fourth-order valence-corrected chi connectivity index (χ4v) is 1.23. The summed E-state index contributed by atoms with van der Waals surface area (Å²) < 4.78 is 0. The van der Waals surface area contributed by atoms with Gasteiger partial charge in [0.2, 0.25) is 5.91 Å². The van der Waals surface area contributed by atoms with Crippen LogP contribution >= 0.6 is 0 Å². The van der Waals surface area contributed by atoms with Gasteiger partial charge in [-0.15, -0.1) is 5.92 Å². The molecule has 6 heteroatoms. The second-order valence-corrected chi connectivity index (χ2v) is 3.56. The number of aliphatic carboxylic acids is 1. The van der Waals surface area contributed by atoms with E-state index in [0.717, 1.165) is 6.42 Å². The summed E-state index contributed by atoms with van der Waals surface area (Å²) in [6.45, 7) is 2.06. The molecule has 0 aromatic rings. The maximum absolute atomic E-state index is 11.5. The molecule has 0 saturated heterocycles. The van der Waals surface area contributed by atoms with Crippen molar-refractivity contribution in [3.05, 3.63) is 0 Å². The first-order valence-electron chi connectivity index (χ1n) is 5.44. The average Bonchev–Trinajstić information content (AvgIpc) is 2.27. The van der Waals surface area contributed by atoms with E-state index >= 15 is 0 Å². The van der Waals surface area contributed by atoms with Crippen LogP contribution in [0.4, 0.5) is 0 Å². The van der Waals surface area contributed by atoms with Crippen molar-refractivity contribution < 1.29 is 14.7 Å². The number of amides is 1. The molecule has 0 heterocycles. The minimum atomic E-state index is -1.08. The van der Waals surface area contributed by atoms with E-state index in [1.807, 2.05) is 0 Å². The predicted octanol–water partition coefficient (Wildman–Crippen LogP) is -0.965. The van der Waals surface area contributed by atoms with Crippen molar-refractivity contribution in [3.63, 3.8) is 0 Å². The first kappa shape index (κ1) is 15.4. The molecule has 0 aliphatic carbocycles. The van der Waals surface area contributed by atoms with Crippen molar-refractivity contribution >= 4 is 11.9 Å². The minimum Gasteiger partial charge on any atom is -0.480 e. The molecule has 96 valence electrons. The van der Waals surface area contributed by atoms with Crippen LogP contribution in [-0.4, -0.2) is 35.6 Å². The first-order chi connectivity index (χ1) is 8.02. The van der Waals surface area contributed by atoms with E-state index in [2.05, 4.69) is 17.2 Å². The lowest BCUT2D eigenvalue weighted by Gasteiger charge is -2.15. The Morgan fingerprint density at radius 2 is 2.06 bits per heavy atom. The molecule has 2 atom stereocenters. The molecule has 0 rings (SSSR count). The number of carbonyl (C=O) groups is 2. The van der Waals surface area contributed by atoms with Crippen LogP contribution in [0.3, 0.4) is 0 Å². The van der Waals surface area contributed by atoms with Crippen LogP contribution in [0.25, 0.3) is 0 Å². The fourth-order valence-electron chi connectivity index (χ4n) is 1.23. The third kappa shape index (κ3) is 6.56. The summed E-state index contributed by atoms with van der Waals surface area (Å²) in [6, 6.07) is -1.92. The largest absolute Gasteiger partial charge is 0.480 e. The van der Waals surface area contributed by atoms with Gasteiger partial charge in [-0.25, -0.2) is 4.79 Å². The van der Waals surface area contributed by atoms with Gasteiger partial charge in [0.1, 0.15) is 12.1 Å². The second kappa shape index (κ2) is 8.56. The Morgan fingerprint density at radius 1 is 1.41 bits per heavy atom. The highest BCUT2D eigenvalue weighted by molar-refractivity contribution is 5.88. The number of hydrogen-bond acceptors (Lipinski definition) is 4. The van der Waals surface area contributed by atoms with Gasteiger partial charge in [-0.2, -0.15) is 0 Å². The van der Waals surface area contributed by atoms with Gasteiger partial charge in [0.15, 0.2) is 0 Å². The molecule has 0 saturated carbocycles. The van der Waals surface area contributed by atoms with E-state index in [9.17, 15) is 9.59 Å². The molecule has 6 nitrogen and oxygen atoms in total. The zero-order valence-corrected chi connectivity index (χ0v) is 9.90. The molecule has 0 fully saturated rings. The van der Waals surface area contributed by atoms with Crippen molar-refractivity contribution in [2.24, 2.45) is 11.5 Å². The van der Waals surface area contributed by atoms with Gasteiger partial charge in [-0.05, 0) is 32.7 Å². The number of unbranched alkanes of at least 4 members (excludes halogenated alkanes) is 1. The quantitative estimate of drug-likeness (QED) is 0.338. The van der Waals surface area contributed by atoms with Gasteiger partial charge in [0, 0.05) is 0 Å². The lowest BCUT2D eigenvalue weighted by atomic mass is 10.1. The van der Waals surface area contributed by atoms with Crippen molar-refractivity contribution in [2.75, 3.05) is 6.54 Å². The Balaban J connectivity index is 4.27. The van der Waals surface area contributed by atoms with Crippen molar-refractivity contribution in [1.29, 1.82) is 0 Å². The molecule has 0 aromatic carbocycles. The van der Waals surface area contributed by atoms with E-state index in [-0.39, 0.29) is 0 Å². The van der Waals surface area contributed by atoms with Crippen LogP contribution in [-0.2, 0) is 9.59 Å². The van der Waals surface area contributed by atoms with Crippen LogP contribution in [0.5, 0.6) is 0 Å². The van der Waals surface area contributed by atoms with Crippen LogP contribution in [0.2, 0.25) is 0 Å². The number of hydrogen-bond donors (Lipinski definition) is 4. The standard InChI is InChI=1S/C11H19N3O3/c1-2-5-8(13)10(15)14-9(11(16)17)6-3-4-7-12/h8-9H,3-4,6-7,12-13H2,1H3,(H,14,15)(H,16,17). The fraction of sp³-hybridized carbons (Fsp3) is 0.636. The Bertz CT molecular complexity index is 320. The molecule has 1 amide bonds. The summed E-state index contributed by atoms with van der Waals surface area (Å²) in [7, 11) is 0. The lowest BCUT2D eigenvalue weighted by Crippen LogP contribution is -2.47. The normalized spacial score (nSPS) is 13.1. The van der Waals surface area contributed by atoms with Crippen molar-refractivity contribution in [3.8, 4) is 11.8 Å². The number of nitrogens with one attached hydrogen (secondary N) is 1. The molecular weight excluding hydrogens is 222 g/mol. The van der Waals surface area contributed by atoms with Gasteiger partial charge in [-0.3, -0.25) is 4.79 Å². The lowest BCUT2D eigenvalue weighted by molar-refractivity contribution is -0.142. The first-order valence-corrected chi connectivity index (χ1v) is 5.44. The number of nitrogens with two attached hydrogens (primary N) is 2. The summed E-state index contributed by atoms with van der Waals surface area (Å²) in [4.78, 5) is 22.3. The molecule has 0 aliphatic rings. The number of carboxylic acids is 1. The van der Waals surface area contributed by atoms with Crippen molar-refractivity contribution in [2.45, 2.75) is 38.3 Å². The zero-order chi connectivity index (χ0) is 13.3.